The van der Waals surface area contributed by atoms with Gasteiger partial charge in [-0.05, 0) is 25.7 Å². The SMILES string of the molecule is CO[C@H]1CCC[C@H](N2CCC(=O)CC2)C1. The van der Waals surface area contributed by atoms with Crippen molar-refractivity contribution in [1.82, 2.24) is 4.90 Å². The predicted octanol–water partition coefficient (Wildman–Crippen LogP) is 1.61. The van der Waals surface area contributed by atoms with Gasteiger partial charge >= 0.3 is 0 Å². The Labute approximate surface area is 91.8 Å². The van der Waals surface area contributed by atoms with Crippen LogP contribution in [0.25, 0.3) is 0 Å². The van der Waals surface area contributed by atoms with Gasteiger partial charge in [0.1, 0.15) is 5.78 Å². The molecular weight excluding hydrogens is 190 g/mol. The van der Waals surface area contributed by atoms with Gasteiger partial charge in [0.2, 0.25) is 0 Å². The zero-order chi connectivity index (χ0) is 10.7. The van der Waals surface area contributed by atoms with Crippen LogP contribution < -0.4 is 0 Å². The van der Waals surface area contributed by atoms with Crippen LogP contribution in [0.1, 0.15) is 38.5 Å². The average molecular weight is 211 g/mol. The number of ketones is 1. The van der Waals surface area contributed by atoms with Gasteiger partial charge in [-0.3, -0.25) is 9.69 Å². The molecule has 0 aromatic heterocycles. The van der Waals surface area contributed by atoms with E-state index in [9.17, 15) is 4.79 Å². The number of piperidine rings is 1. The lowest BCUT2D eigenvalue weighted by atomic mass is 9.90. The van der Waals surface area contributed by atoms with Crippen LogP contribution in [0.4, 0.5) is 0 Å². The number of hydrogen-bond acceptors (Lipinski definition) is 3. The number of nitrogens with zero attached hydrogens (tertiary/aromatic N) is 1. The first-order valence-electron chi connectivity index (χ1n) is 6.08. The van der Waals surface area contributed by atoms with Gasteiger partial charge in [-0.25, -0.2) is 0 Å². The van der Waals surface area contributed by atoms with Gasteiger partial charge in [0, 0.05) is 39.1 Å². The van der Waals surface area contributed by atoms with Gasteiger partial charge in [0.25, 0.3) is 0 Å². The molecule has 0 radical (unpaired) electrons. The summed E-state index contributed by atoms with van der Waals surface area (Å²) in [5, 5.41) is 0. The number of likely N-dealkylation sites (tertiary alicyclic amines) is 1. The first-order chi connectivity index (χ1) is 7.29. The summed E-state index contributed by atoms with van der Waals surface area (Å²) in [5.74, 6) is 0.436. The predicted molar refractivity (Wildman–Crippen MR) is 58.9 cm³/mol. The van der Waals surface area contributed by atoms with E-state index >= 15 is 0 Å². The Kier molecular flexibility index (Phi) is 3.76. The zero-order valence-electron chi connectivity index (χ0n) is 9.58. The van der Waals surface area contributed by atoms with Crippen molar-refractivity contribution in [2.24, 2.45) is 0 Å². The first kappa shape index (κ1) is 11.1. The molecule has 1 saturated heterocycles. The van der Waals surface area contributed by atoms with E-state index in [1.54, 1.807) is 0 Å². The normalized spacial score (nSPS) is 34.3. The van der Waals surface area contributed by atoms with Crippen molar-refractivity contribution < 1.29 is 9.53 Å². The quantitative estimate of drug-likeness (QED) is 0.695. The second kappa shape index (κ2) is 5.08. The number of methoxy groups -OCH3 is 1. The summed E-state index contributed by atoms with van der Waals surface area (Å²) >= 11 is 0. The lowest BCUT2D eigenvalue weighted by Gasteiger charge is -2.38. The van der Waals surface area contributed by atoms with Crippen molar-refractivity contribution in [2.75, 3.05) is 20.2 Å². The third-order valence-corrected chi connectivity index (χ3v) is 3.80. The minimum atomic E-state index is 0.436. The van der Waals surface area contributed by atoms with Crippen LogP contribution in [0.5, 0.6) is 0 Å². The molecular formula is C12H21NO2. The summed E-state index contributed by atoms with van der Waals surface area (Å²) in [6.45, 7) is 1.94. The molecule has 0 unspecified atom stereocenters. The van der Waals surface area contributed by atoms with Crippen LogP contribution in [0.2, 0.25) is 0 Å². The molecule has 86 valence electrons. The molecule has 0 aromatic carbocycles. The Morgan fingerprint density at radius 3 is 2.67 bits per heavy atom. The zero-order valence-corrected chi connectivity index (χ0v) is 9.58. The highest BCUT2D eigenvalue weighted by molar-refractivity contribution is 5.79. The third-order valence-electron chi connectivity index (χ3n) is 3.80. The fourth-order valence-electron chi connectivity index (χ4n) is 2.80. The van der Waals surface area contributed by atoms with Gasteiger partial charge in [-0.1, -0.05) is 0 Å². The maximum atomic E-state index is 11.2. The summed E-state index contributed by atoms with van der Waals surface area (Å²) in [5.41, 5.74) is 0. The van der Waals surface area contributed by atoms with Crippen LogP contribution in [-0.2, 0) is 9.53 Å². The number of carbonyl (C=O) groups excluding carboxylic acids is 1. The van der Waals surface area contributed by atoms with Crippen LogP contribution in [0.15, 0.2) is 0 Å². The van der Waals surface area contributed by atoms with Gasteiger partial charge in [0.15, 0.2) is 0 Å². The van der Waals surface area contributed by atoms with E-state index in [0.717, 1.165) is 32.4 Å². The van der Waals surface area contributed by atoms with E-state index in [1.807, 2.05) is 7.11 Å². The Bertz CT molecular complexity index is 220. The number of Topliss-reactive ketones (excluding diaryl/α,β-unsaturated/α-hetero) is 1. The van der Waals surface area contributed by atoms with Crippen LogP contribution in [-0.4, -0.2) is 43.0 Å². The molecule has 0 bridgehead atoms. The fraction of sp³-hybridized carbons (Fsp3) is 0.917. The van der Waals surface area contributed by atoms with E-state index in [0.29, 0.717) is 17.9 Å². The number of hydrogen-bond donors (Lipinski definition) is 0. The number of carbonyl (C=O) groups is 1. The Balaban J connectivity index is 1.84. The Morgan fingerprint density at radius 1 is 1.27 bits per heavy atom. The minimum absolute atomic E-state index is 0.436. The molecule has 1 heterocycles. The molecule has 2 aliphatic rings. The van der Waals surface area contributed by atoms with Crippen molar-refractivity contribution in [1.29, 1.82) is 0 Å². The third kappa shape index (κ3) is 2.79. The van der Waals surface area contributed by atoms with E-state index in [1.165, 1.54) is 19.3 Å². The molecule has 0 spiro atoms. The molecule has 3 heteroatoms. The molecule has 0 aromatic rings. The molecule has 3 nitrogen and oxygen atoms in total. The number of ether oxygens (including phenoxy) is 1. The van der Waals surface area contributed by atoms with Crippen molar-refractivity contribution in [2.45, 2.75) is 50.7 Å². The largest absolute Gasteiger partial charge is 0.381 e. The summed E-state index contributed by atoms with van der Waals surface area (Å²) in [7, 11) is 1.81. The van der Waals surface area contributed by atoms with E-state index in [-0.39, 0.29) is 0 Å². The lowest BCUT2D eigenvalue weighted by Crippen LogP contribution is -2.45. The summed E-state index contributed by atoms with van der Waals surface area (Å²) in [4.78, 5) is 13.7. The average Bonchev–Trinajstić information content (AvgIpc) is 2.30. The molecule has 0 amide bonds. The molecule has 1 aliphatic heterocycles. The van der Waals surface area contributed by atoms with Gasteiger partial charge in [-0.15, -0.1) is 0 Å². The Morgan fingerprint density at radius 2 is 2.00 bits per heavy atom. The van der Waals surface area contributed by atoms with Crippen molar-refractivity contribution in [3.05, 3.63) is 0 Å². The van der Waals surface area contributed by atoms with Gasteiger partial charge in [0.05, 0.1) is 6.10 Å². The minimum Gasteiger partial charge on any atom is -0.381 e. The summed E-state index contributed by atoms with van der Waals surface area (Å²) in [6, 6.07) is 0.664. The van der Waals surface area contributed by atoms with Crippen LogP contribution >= 0.6 is 0 Å². The highest BCUT2D eigenvalue weighted by Gasteiger charge is 2.28. The summed E-state index contributed by atoms with van der Waals surface area (Å²) < 4.78 is 5.44. The lowest BCUT2D eigenvalue weighted by molar-refractivity contribution is -0.122. The van der Waals surface area contributed by atoms with Crippen molar-refractivity contribution in [3.63, 3.8) is 0 Å². The van der Waals surface area contributed by atoms with Gasteiger partial charge in [-0.2, -0.15) is 0 Å². The monoisotopic (exact) mass is 211 g/mol. The molecule has 2 atom stereocenters. The number of rotatable bonds is 2. The van der Waals surface area contributed by atoms with E-state index < -0.39 is 0 Å². The van der Waals surface area contributed by atoms with Crippen LogP contribution in [0, 0.1) is 0 Å². The highest BCUT2D eigenvalue weighted by atomic mass is 16.5. The smallest absolute Gasteiger partial charge is 0.135 e. The maximum Gasteiger partial charge on any atom is 0.135 e. The van der Waals surface area contributed by atoms with Crippen molar-refractivity contribution >= 4 is 5.78 Å². The van der Waals surface area contributed by atoms with Crippen molar-refractivity contribution in [3.8, 4) is 0 Å². The first-order valence-corrected chi connectivity index (χ1v) is 6.08. The van der Waals surface area contributed by atoms with E-state index in [2.05, 4.69) is 4.90 Å². The molecule has 1 saturated carbocycles. The Hall–Kier alpha value is -0.410. The van der Waals surface area contributed by atoms with E-state index in [4.69, 9.17) is 4.74 Å². The maximum absolute atomic E-state index is 11.2. The van der Waals surface area contributed by atoms with Crippen LogP contribution in [0.3, 0.4) is 0 Å². The second-order valence-electron chi connectivity index (χ2n) is 4.75. The molecule has 0 N–H and O–H groups in total. The van der Waals surface area contributed by atoms with Gasteiger partial charge < -0.3 is 4.74 Å². The topological polar surface area (TPSA) is 29.5 Å². The summed E-state index contributed by atoms with van der Waals surface area (Å²) in [6.07, 6.45) is 6.88. The second-order valence-corrected chi connectivity index (χ2v) is 4.75. The molecule has 15 heavy (non-hydrogen) atoms. The fourth-order valence-corrected chi connectivity index (χ4v) is 2.80. The molecule has 2 fully saturated rings. The molecule has 2 rings (SSSR count). The molecule has 1 aliphatic carbocycles. The standard InChI is InChI=1S/C12H21NO2/c1-15-12-4-2-3-10(9-12)13-7-5-11(14)6-8-13/h10,12H,2-9H2,1H3/t10-,12-/m0/s1. The highest BCUT2D eigenvalue weighted by Crippen LogP contribution is 2.26.